The number of guanidine groups is 1. The lowest BCUT2D eigenvalue weighted by Crippen LogP contribution is -2.37. The van der Waals surface area contributed by atoms with E-state index in [0.29, 0.717) is 31.0 Å². The first kappa shape index (κ1) is 24.7. The molecular weight excluding hydrogens is 496 g/mol. The number of carbonyl (C=O) groups is 1. The lowest BCUT2D eigenvalue weighted by atomic mass is 10.1. The Balaban J connectivity index is 0.00000420. The summed E-state index contributed by atoms with van der Waals surface area (Å²) in [6.45, 7) is 1.05. The van der Waals surface area contributed by atoms with Gasteiger partial charge >= 0.3 is 6.18 Å². The molecule has 0 unspecified atom stereocenters. The SMILES string of the molecule is CN=C(NCCc1ccc(C(F)(F)F)cc1)NCc1ccc(C(=O)NC)cc1.I. The Bertz CT molecular complexity index is 806. The van der Waals surface area contributed by atoms with E-state index in [-0.39, 0.29) is 29.9 Å². The second-order valence-corrected chi connectivity index (χ2v) is 6.07. The fourth-order valence-electron chi connectivity index (χ4n) is 2.51. The summed E-state index contributed by atoms with van der Waals surface area (Å²) >= 11 is 0. The Morgan fingerprint density at radius 3 is 2.07 bits per heavy atom. The monoisotopic (exact) mass is 520 g/mol. The van der Waals surface area contributed by atoms with Gasteiger partial charge in [0.2, 0.25) is 0 Å². The van der Waals surface area contributed by atoms with Gasteiger partial charge in [0.1, 0.15) is 0 Å². The van der Waals surface area contributed by atoms with Crippen molar-refractivity contribution in [3.05, 3.63) is 70.8 Å². The molecule has 0 aliphatic carbocycles. The molecule has 0 aliphatic rings. The Hall–Kier alpha value is -2.30. The van der Waals surface area contributed by atoms with Crippen LogP contribution in [0, 0.1) is 0 Å². The Kier molecular flexibility index (Phi) is 9.93. The summed E-state index contributed by atoms with van der Waals surface area (Å²) in [4.78, 5) is 15.6. The van der Waals surface area contributed by atoms with E-state index < -0.39 is 11.7 Å². The number of amides is 1. The lowest BCUT2D eigenvalue weighted by molar-refractivity contribution is -0.137. The summed E-state index contributed by atoms with van der Waals surface area (Å²) in [5, 5.41) is 8.85. The highest BCUT2D eigenvalue weighted by Gasteiger charge is 2.29. The molecule has 2 aromatic carbocycles. The van der Waals surface area contributed by atoms with Gasteiger partial charge in [-0.1, -0.05) is 24.3 Å². The first-order chi connectivity index (χ1) is 13.3. The molecule has 29 heavy (non-hydrogen) atoms. The van der Waals surface area contributed by atoms with Crippen LogP contribution >= 0.6 is 24.0 Å². The van der Waals surface area contributed by atoms with Crippen LogP contribution < -0.4 is 16.0 Å². The molecule has 9 heteroatoms. The summed E-state index contributed by atoms with van der Waals surface area (Å²) in [5.74, 6) is 0.447. The predicted molar refractivity (Wildman–Crippen MR) is 119 cm³/mol. The number of aliphatic imine (C=N–C) groups is 1. The van der Waals surface area contributed by atoms with Crippen LogP contribution in [-0.2, 0) is 19.1 Å². The van der Waals surface area contributed by atoms with Crippen LogP contribution in [0.25, 0.3) is 0 Å². The number of nitrogens with one attached hydrogen (secondary N) is 3. The molecule has 158 valence electrons. The molecule has 0 saturated heterocycles. The minimum absolute atomic E-state index is 0. The van der Waals surface area contributed by atoms with E-state index in [2.05, 4.69) is 20.9 Å². The highest BCUT2D eigenvalue weighted by molar-refractivity contribution is 14.0. The lowest BCUT2D eigenvalue weighted by Gasteiger charge is -2.12. The van der Waals surface area contributed by atoms with Crippen LogP contribution in [0.3, 0.4) is 0 Å². The quantitative estimate of drug-likeness (QED) is 0.310. The van der Waals surface area contributed by atoms with Crippen molar-refractivity contribution >= 4 is 35.8 Å². The van der Waals surface area contributed by atoms with Crippen LogP contribution in [0.5, 0.6) is 0 Å². The third-order valence-electron chi connectivity index (χ3n) is 4.11. The number of carbonyl (C=O) groups excluding carboxylic acids is 1. The van der Waals surface area contributed by atoms with E-state index in [4.69, 9.17) is 0 Å². The van der Waals surface area contributed by atoms with Gasteiger partial charge in [0.25, 0.3) is 5.91 Å². The van der Waals surface area contributed by atoms with Crippen molar-refractivity contribution in [2.75, 3.05) is 20.6 Å². The zero-order valence-corrected chi connectivity index (χ0v) is 18.5. The van der Waals surface area contributed by atoms with E-state index in [1.54, 1.807) is 26.2 Å². The summed E-state index contributed by atoms with van der Waals surface area (Å²) in [6, 6.07) is 12.3. The van der Waals surface area contributed by atoms with Crippen molar-refractivity contribution in [2.45, 2.75) is 19.1 Å². The average Bonchev–Trinajstić information content (AvgIpc) is 2.70. The zero-order valence-electron chi connectivity index (χ0n) is 16.1. The maximum absolute atomic E-state index is 12.6. The second-order valence-electron chi connectivity index (χ2n) is 6.07. The van der Waals surface area contributed by atoms with Crippen molar-refractivity contribution in [2.24, 2.45) is 4.99 Å². The standard InChI is InChI=1S/C20H23F3N4O.HI/c1-24-18(28)16-7-3-15(4-8-16)13-27-19(25-2)26-12-11-14-5-9-17(10-6-14)20(21,22)23;/h3-10H,11-13H2,1-2H3,(H,24,28)(H2,25,26,27);1H. The molecule has 0 bridgehead atoms. The summed E-state index contributed by atoms with van der Waals surface area (Å²) in [5.41, 5.74) is 1.73. The van der Waals surface area contributed by atoms with Crippen LogP contribution in [0.15, 0.2) is 53.5 Å². The van der Waals surface area contributed by atoms with E-state index in [1.165, 1.54) is 12.1 Å². The van der Waals surface area contributed by atoms with E-state index in [1.807, 2.05) is 12.1 Å². The van der Waals surface area contributed by atoms with E-state index in [0.717, 1.165) is 23.3 Å². The molecule has 3 N–H and O–H groups in total. The predicted octanol–water partition coefficient (Wildman–Crippen LogP) is 3.59. The Morgan fingerprint density at radius 2 is 1.55 bits per heavy atom. The molecule has 0 saturated carbocycles. The fourth-order valence-corrected chi connectivity index (χ4v) is 2.51. The molecule has 0 atom stereocenters. The van der Waals surface area contributed by atoms with Crippen molar-refractivity contribution in [1.82, 2.24) is 16.0 Å². The van der Waals surface area contributed by atoms with Gasteiger partial charge in [-0.25, -0.2) is 0 Å². The van der Waals surface area contributed by atoms with Gasteiger partial charge in [0.15, 0.2) is 5.96 Å². The second kappa shape index (κ2) is 11.6. The first-order valence-electron chi connectivity index (χ1n) is 8.75. The number of hydrogen-bond acceptors (Lipinski definition) is 2. The van der Waals surface area contributed by atoms with Crippen LogP contribution in [0.1, 0.15) is 27.0 Å². The summed E-state index contributed by atoms with van der Waals surface area (Å²) < 4.78 is 37.7. The van der Waals surface area contributed by atoms with Crippen molar-refractivity contribution in [1.29, 1.82) is 0 Å². The van der Waals surface area contributed by atoms with Gasteiger partial charge < -0.3 is 16.0 Å². The average molecular weight is 520 g/mol. The van der Waals surface area contributed by atoms with Crippen molar-refractivity contribution in [3.8, 4) is 0 Å². The smallest absolute Gasteiger partial charge is 0.356 e. The molecule has 0 aliphatic heterocycles. The third kappa shape index (κ3) is 7.92. The van der Waals surface area contributed by atoms with Crippen LogP contribution in [-0.4, -0.2) is 32.5 Å². The van der Waals surface area contributed by atoms with E-state index in [9.17, 15) is 18.0 Å². The molecule has 2 rings (SSSR count). The third-order valence-corrected chi connectivity index (χ3v) is 4.11. The van der Waals surface area contributed by atoms with Gasteiger partial charge in [-0.2, -0.15) is 13.2 Å². The molecule has 0 radical (unpaired) electrons. The molecule has 0 aromatic heterocycles. The number of nitrogens with zero attached hydrogens (tertiary/aromatic N) is 1. The largest absolute Gasteiger partial charge is 0.416 e. The van der Waals surface area contributed by atoms with Gasteiger partial charge in [0.05, 0.1) is 5.56 Å². The fraction of sp³-hybridized carbons (Fsp3) is 0.300. The minimum atomic E-state index is -4.32. The van der Waals surface area contributed by atoms with Gasteiger partial charge in [0, 0.05) is 32.7 Å². The molecule has 0 spiro atoms. The molecular formula is C20H24F3IN4O. The maximum Gasteiger partial charge on any atom is 0.416 e. The van der Waals surface area contributed by atoms with Crippen LogP contribution in [0.2, 0.25) is 0 Å². The number of benzene rings is 2. The topological polar surface area (TPSA) is 65.5 Å². The van der Waals surface area contributed by atoms with Crippen molar-refractivity contribution in [3.63, 3.8) is 0 Å². The van der Waals surface area contributed by atoms with E-state index >= 15 is 0 Å². The molecule has 2 aromatic rings. The number of halogens is 4. The number of alkyl halides is 3. The molecule has 0 heterocycles. The maximum atomic E-state index is 12.6. The van der Waals surface area contributed by atoms with Crippen LogP contribution in [0.4, 0.5) is 13.2 Å². The summed E-state index contributed by atoms with van der Waals surface area (Å²) in [7, 11) is 3.22. The summed E-state index contributed by atoms with van der Waals surface area (Å²) in [6.07, 6.45) is -3.75. The van der Waals surface area contributed by atoms with Gasteiger partial charge in [-0.3, -0.25) is 9.79 Å². The number of hydrogen-bond donors (Lipinski definition) is 3. The normalized spacial score (nSPS) is 11.4. The molecule has 1 amide bonds. The molecule has 5 nitrogen and oxygen atoms in total. The van der Waals surface area contributed by atoms with Gasteiger partial charge in [-0.15, -0.1) is 24.0 Å². The zero-order chi connectivity index (χ0) is 20.6. The first-order valence-corrected chi connectivity index (χ1v) is 8.75. The van der Waals surface area contributed by atoms with Crippen molar-refractivity contribution < 1.29 is 18.0 Å². The highest BCUT2D eigenvalue weighted by atomic mass is 127. The Labute approximate surface area is 185 Å². The highest BCUT2D eigenvalue weighted by Crippen LogP contribution is 2.29. The number of rotatable bonds is 6. The Morgan fingerprint density at radius 1 is 0.966 bits per heavy atom. The van der Waals surface area contributed by atoms with Gasteiger partial charge in [-0.05, 0) is 41.8 Å². The minimum Gasteiger partial charge on any atom is -0.356 e. The molecule has 0 fully saturated rings.